The molecule has 28 heavy (non-hydrogen) atoms. The van der Waals surface area contributed by atoms with E-state index in [-0.39, 0.29) is 12.1 Å². The first-order chi connectivity index (χ1) is 13.1. The van der Waals surface area contributed by atoms with E-state index < -0.39 is 29.5 Å². The Morgan fingerprint density at radius 3 is 2.61 bits per heavy atom. The van der Waals surface area contributed by atoms with Gasteiger partial charge in [-0.15, -0.1) is 0 Å². The number of nitrogens with two attached hydrogens (primary N) is 1. The summed E-state index contributed by atoms with van der Waals surface area (Å²) in [5.41, 5.74) is 5.97. The summed E-state index contributed by atoms with van der Waals surface area (Å²) in [6, 6.07) is 2.36. The number of alkyl halides is 3. The smallest absolute Gasteiger partial charge is 0.364 e. The molecule has 2 aromatic heterocycles. The monoisotopic (exact) mass is 395 g/mol. The highest BCUT2D eigenvalue weighted by molar-refractivity contribution is 5.93. The molecule has 0 aliphatic heterocycles. The third-order valence-electron chi connectivity index (χ3n) is 4.58. The van der Waals surface area contributed by atoms with Crippen LogP contribution in [0.25, 0.3) is 0 Å². The number of rotatable bonds is 5. The molecule has 0 radical (unpaired) electrons. The number of amides is 1. The second kappa shape index (κ2) is 7.10. The van der Waals surface area contributed by atoms with E-state index in [1.807, 2.05) is 0 Å². The molecule has 6 nitrogen and oxygen atoms in total. The van der Waals surface area contributed by atoms with Gasteiger partial charge >= 0.3 is 6.18 Å². The number of carbonyl (C=O) groups is 1. The van der Waals surface area contributed by atoms with Gasteiger partial charge in [0.15, 0.2) is 5.82 Å². The molecule has 148 valence electrons. The molecule has 3 rings (SSSR count). The molecule has 10 heteroatoms. The van der Waals surface area contributed by atoms with Crippen molar-refractivity contribution in [2.75, 3.05) is 0 Å². The molecule has 0 aliphatic rings. The minimum absolute atomic E-state index is 0.134. The zero-order chi connectivity index (χ0) is 20.6. The summed E-state index contributed by atoms with van der Waals surface area (Å²) in [4.78, 5) is 16.0. The van der Waals surface area contributed by atoms with Crippen LogP contribution < -0.4 is 5.73 Å². The van der Waals surface area contributed by atoms with Crippen LogP contribution in [0.1, 0.15) is 51.5 Å². The number of hydrogen-bond acceptors (Lipinski definition) is 3. The van der Waals surface area contributed by atoms with Crippen LogP contribution in [0.3, 0.4) is 0 Å². The summed E-state index contributed by atoms with van der Waals surface area (Å²) in [7, 11) is 0. The number of aromatic nitrogens is 4. The number of benzene rings is 1. The van der Waals surface area contributed by atoms with E-state index in [1.54, 1.807) is 24.6 Å². The molecule has 0 bridgehead atoms. The van der Waals surface area contributed by atoms with Crippen LogP contribution in [0.4, 0.5) is 17.6 Å². The van der Waals surface area contributed by atoms with Crippen LogP contribution in [-0.4, -0.2) is 25.7 Å². The Kier molecular flexibility index (Phi) is 4.97. The Balaban J connectivity index is 1.98. The zero-order valence-corrected chi connectivity index (χ0v) is 15.0. The molecular formula is C18H17F4N5O. The van der Waals surface area contributed by atoms with E-state index in [1.165, 1.54) is 12.4 Å². The van der Waals surface area contributed by atoms with E-state index in [9.17, 15) is 22.4 Å². The third-order valence-corrected chi connectivity index (χ3v) is 4.58. The van der Waals surface area contributed by atoms with Crippen LogP contribution in [-0.2, 0) is 12.6 Å². The maximum Gasteiger partial charge on any atom is 0.419 e. The fourth-order valence-corrected chi connectivity index (χ4v) is 3.13. The average molecular weight is 395 g/mol. The molecule has 1 unspecified atom stereocenters. The van der Waals surface area contributed by atoms with E-state index in [0.29, 0.717) is 28.6 Å². The first kappa shape index (κ1) is 19.6. The Labute approximate surface area is 157 Å². The highest BCUT2D eigenvalue weighted by Gasteiger charge is 2.34. The van der Waals surface area contributed by atoms with Crippen LogP contribution in [0.5, 0.6) is 0 Å². The summed E-state index contributed by atoms with van der Waals surface area (Å²) in [6.45, 7) is 3.45. The first-order valence-corrected chi connectivity index (χ1v) is 8.31. The Morgan fingerprint density at radius 1 is 1.36 bits per heavy atom. The fraction of sp³-hybridized carbons (Fsp3) is 0.278. The lowest BCUT2D eigenvalue weighted by Gasteiger charge is -2.13. The number of hydrogen-bond donors (Lipinski definition) is 2. The summed E-state index contributed by atoms with van der Waals surface area (Å²) in [6.07, 6.45) is -1.56. The van der Waals surface area contributed by atoms with Gasteiger partial charge in [-0.25, -0.2) is 9.37 Å². The van der Waals surface area contributed by atoms with Gasteiger partial charge in [-0.1, -0.05) is 6.07 Å². The molecule has 2 heterocycles. The van der Waals surface area contributed by atoms with Crippen LogP contribution >= 0.6 is 0 Å². The van der Waals surface area contributed by atoms with E-state index in [4.69, 9.17) is 5.73 Å². The van der Waals surface area contributed by atoms with E-state index >= 15 is 0 Å². The number of nitrogens with one attached hydrogen (secondary N) is 1. The standard InChI is InChI=1S/C18H17F4N5O/c1-9-12(5-11-3-4-13(14(19)6-11)18(20,21)22)7-27(15(9)16(23)28)10(2)17-24-8-25-26-17/h3-4,6-8,10H,5H2,1-2H3,(H2,23,28)(H,24,25,26). The number of H-pyrrole nitrogens is 1. The minimum Gasteiger partial charge on any atom is -0.364 e. The van der Waals surface area contributed by atoms with Crippen LogP contribution in [0.15, 0.2) is 30.7 Å². The van der Waals surface area contributed by atoms with Crippen molar-refractivity contribution in [3.63, 3.8) is 0 Å². The van der Waals surface area contributed by atoms with Gasteiger partial charge in [0.1, 0.15) is 17.8 Å². The topological polar surface area (TPSA) is 89.6 Å². The molecule has 0 fully saturated rings. The van der Waals surface area contributed by atoms with E-state index in [0.717, 1.165) is 6.07 Å². The Morgan fingerprint density at radius 2 is 2.07 bits per heavy atom. The maximum absolute atomic E-state index is 13.9. The zero-order valence-electron chi connectivity index (χ0n) is 15.0. The van der Waals surface area contributed by atoms with Gasteiger partial charge in [0, 0.05) is 6.20 Å². The van der Waals surface area contributed by atoms with Gasteiger partial charge in [-0.2, -0.15) is 18.3 Å². The van der Waals surface area contributed by atoms with Gasteiger partial charge in [0.05, 0.1) is 11.6 Å². The van der Waals surface area contributed by atoms with Crippen LogP contribution in [0.2, 0.25) is 0 Å². The van der Waals surface area contributed by atoms with Crippen molar-refractivity contribution in [2.45, 2.75) is 32.5 Å². The SMILES string of the molecule is Cc1c(Cc2ccc(C(F)(F)F)c(F)c2)cn(C(C)c2nc[nH]n2)c1C(N)=O. The fourth-order valence-electron chi connectivity index (χ4n) is 3.13. The second-order valence-electron chi connectivity index (χ2n) is 6.42. The van der Waals surface area contributed by atoms with Gasteiger partial charge in [0.25, 0.3) is 5.91 Å². The number of nitrogens with zero attached hydrogens (tertiary/aromatic N) is 3. The van der Waals surface area contributed by atoms with Crippen LogP contribution in [0, 0.1) is 12.7 Å². The number of primary amides is 1. The average Bonchev–Trinajstić information content (AvgIpc) is 3.22. The summed E-state index contributed by atoms with van der Waals surface area (Å²) >= 11 is 0. The molecule has 1 aromatic carbocycles. The molecule has 1 atom stereocenters. The molecule has 0 saturated heterocycles. The predicted octanol–water partition coefficient (Wildman–Crippen LogP) is 3.37. The van der Waals surface area contributed by atoms with Gasteiger partial charge in [-0.3, -0.25) is 9.89 Å². The lowest BCUT2D eigenvalue weighted by molar-refractivity contribution is -0.140. The van der Waals surface area contributed by atoms with Gasteiger partial charge in [-0.05, 0) is 49.1 Å². The Hall–Kier alpha value is -3.17. The second-order valence-corrected chi connectivity index (χ2v) is 6.42. The molecule has 0 saturated carbocycles. The summed E-state index contributed by atoms with van der Waals surface area (Å²) in [5, 5.41) is 6.58. The molecule has 0 spiro atoms. The number of halogens is 4. The quantitative estimate of drug-likeness (QED) is 0.649. The van der Waals surface area contributed by atoms with Crippen molar-refractivity contribution in [3.05, 3.63) is 70.3 Å². The van der Waals surface area contributed by atoms with Crippen molar-refractivity contribution in [3.8, 4) is 0 Å². The molecular weight excluding hydrogens is 378 g/mol. The third kappa shape index (κ3) is 3.62. The highest BCUT2D eigenvalue weighted by Crippen LogP contribution is 2.32. The minimum atomic E-state index is -4.76. The lowest BCUT2D eigenvalue weighted by Crippen LogP contribution is -2.20. The molecule has 3 N–H and O–H groups in total. The largest absolute Gasteiger partial charge is 0.419 e. The van der Waals surface area contributed by atoms with Crippen molar-refractivity contribution in [1.29, 1.82) is 0 Å². The van der Waals surface area contributed by atoms with E-state index in [2.05, 4.69) is 15.2 Å². The van der Waals surface area contributed by atoms with Gasteiger partial charge < -0.3 is 10.3 Å². The van der Waals surface area contributed by atoms with Crippen molar-refractivity contribution < 1.29 is 22.4 Å². The summed E-state index contributed by atoms with van der Waals surface area (Å²) in [5.74, 6) is -1.57. The van der Waals surface area contributed by atoms with Crippen molar-refractivity contribution in [1.82, 2.24) is 19.7 Å². The van der Waals surface area contributed by atoms with Crippen molar-refractivity contribution in [2.24, 2.45) is 5.73 Å². The normalized spacial score (nSPS) is 12.9. The highest BCUT2D eigenvalue weighted by atomic mass is 19.4. The molecule has 3 aromatic rings. The summed E-state index contributed by atoms with van der Waals surface area (Å²) < 4.78 is 53.7. The van der Waals surface area contributed by atoms with Gasteiger partial charge in [0.2, 0.25) is 0 Å². The predicted molar refractivity (Wildman–Crippen MR) is 92.1 cm³/mol. The lowest BCUT2D eigenvalue weighted by atomic mass is 10.0. The number of carbonyl (C=O) groups excluding carboxylic acids is 1. The molecule has 1 amide bonds. The maximum atomic E-state index is 13.9. The first-order valence-electron chi connectivity index (χ1n) is 8.31. The Bertz CT molecular complexity index is 1010. The molecule has 0 aliphatic carbocycles. The number of aromatic amines is 1. The van der Waals surface area contributed by atoms with Crippen molar-refractivity contribution >= 4 is 5.91 Å².